The topological polar surface area (TPSA) is 37.4 Å². The van der Waals surface area contributed by atoms with E-state index in [1.165, 1.54) is 0 Å². The van der Waals surface area contributed by atoms with E-state index in [2.05, 4.69) is 15.2 Å². The zero-order valence-electron chi connectivity index (χ0n) is 9.87. The molecule has 0 aliphatic carbocycles. The Morgan fingerprint density at radius 2 is 2.47 bits per heavy atom. The highest BCUT2D eigenvalue weighted by Gasteiger charge is 2.29. The summed E-state index contributed by atoms with van der Waals surface area (Å²) in [5.41, 5.74) is 0.869. The van der Waals surface area contributed by atoms with Crippen molar-refractivity contribution in [1.29, 1.82) is 0 Å². The van der Waals surface area contributed by atoms with Crippen LogP contribution in [0.4, 0.5) is 5.82 Å². The van der Waals surface area contributed by atoms with E-state index in [9.17, 15) is 0 Å². The number of nitrogens with one attached hydrogen (secondary N) is 1. The summed E-state index contributed by atoms with van der Waals surface area (Å²) in [6.07, 6.45) is 1.03. The standard InChI is InChI=1S/C12H16ClN3O/c1-8-10(13)6-11-12(15-8)16-4-3-14-7-9(16)2-5-17-11/h6,9,14H,2-5,7H2,1H3/t9-/m0/s1. The number of piperazine rings is 1. The molecule has 92 valence electrons. The molecule has 5 heteroatoms. The third-order valence-electron chi connectivity index (χ3n) is 3.43. The van der Waals surface area contributed by atoms with E-state index >= 15 is 0 Å². The second kappa shape index (κ2) is 4.35. The highest BCUT2D eigenvalue weighted by Crippen LogP contribution is 2.34. The van der Waals surface area contributed by atoms with Crippen molar-refractivity contribution in [2.24, 2.45) is 0 Å². The lowest BCUT2D eigenvalue weighted by Crippen LogP contribution is -2.51. The second-order valence-electron chi connectivity index (χ2n) is 4.57. The predicted molar refractivity (Wildman–Crippen MR) is 68.1 cm³/mol. The summed E-state index contributed by atoms with van der Waals surface area (Å²) in [5, 5.41) is 4.10. The SMILES string of the molecule is Cc1nc2c(cc1Cl)OCC[C@H]1CNCCN21. The molecule has 4 nitrogen and oxygen atoms in total. The third kappa shape index (κ3) is 1.96. The van der Waals surface area contributed by atoms with Crippen LogP contribution in [0.3, 0.4) is 0 Å². The smallest absolute Gasteiger partial charge is 0.172 e. The van der Waals surface area contributed by atoms with Crippen LogP contribution in [-0.2, 0) is 0 Å². The summed E-state index contributed by atoms with van der Waals surface area (Å²) in [5.74, 6) is 1.78. The molecule has 1 aromatic rings. The summed E-state index contributed by atoms with van der Waals surface area (Å²) in [4.78, 5) is 6.95. The number of anilines is 1. The number of hydrogen-bond acceptors (Lipinski definition) is 4. The largest absolute Gasteiger partial charge is 0.490 e. The molecule has 0 aromatic carbocycles. The second-order valence-corrected chi connectivity index (χ2v) is 4.97. The van der Waals surface area contributed by atoms with Gasteiger partial charge in [-0.2, -0.15) is 0 Å². The Kier molecular flexibility index (Phi) is 2.84. The maximum absolute atomic E-state index is 6.10. The Labute approximate surface area is 106 Å². The van der Waals surface area contributed by atoms with Crippen molar-refractivity contribution in [3.63, 3.8) is 0 Å². The number of fused-ring (bicyclic) bond motifs is 3. The zero-order chi connectivity index (χ0) is 11.8. The number of nitrogens with zero attached hydrogens (tertiary/aromatic N) is 2. The lowest BCUT2D eigenvalue weighted by atomic mass is 10.1. The van der Waals surface area contributed by atoms with Crippen LogP contribution in [0.2, 0.25) is 5.02 Å². The first kappa shape index (κ1) is 11.1. The van der Waals surface area contributed by atoms with Gasteiger partial charge in [0.05, 0.1) is 17.3 Å². The van der Waals surface area contributed by atoms with Gasteiger partial charge in [-0.3, -0.25) is 0 Å². The van der Waals surface area contributed by atoms with E-state index in [1.54, 1.807) is 0 Å². The summed E-state index contributed by atoms with van der Waals surface area (Å²) < 4.78 is 5.76. The van der Waals surface area contributed by atoms with Crippen molar-refractivity contribution in [3.05, 3.63) is 16.8 Å². The van der Waals surface area contributed by atoms with Crippen molar-refractivity contribution in [2.45, 2.75) is 19.4 Å². The minimum Gasteiger partial charge on any atom is -0.490 e. The molecular weight excluding hydrogens is 238 g/mol. The van der Waals surface area contributed by atoms with Gasteiger partial charge in [-0.25, -0.2) is 4.98 Å². The molecule has 3 rings (SSSR count). The van der Waals surface area contributed by atoms with Crippen LogP contribution in [0.15, 0.2) is 6.07 Å². The molecule has 1 saturated heterocycles. The Hall–Kier alpha value is -1.00. The van der Waals surface area contributed by atoms with Gasteiger partial charge in [0.2, 0.25) is 0 Å². The maximum atomic E-state index is 6.10. The quantitative estimate of drug-likeness (QED) is 0.762. The van der Waals surface area contributed by atoms with Crippen LogP contribution in [0, 0.1) is 6.92 Å². The predicted octanol–water partition coefficient (Wildman–Crippen LogP) is 1.60. The summed E-state index contributed by atoms with van der Waals surface area (Å²) in [6, 6.07) is 2.38. The van der Waals surface area contributed by atoms with Gasteiger partial charge in [0, 0.05) is 38.2 Å². The van der Waals surface area contributed by atoms with Crippen molar-refractivity contribution in [1.82, 2.24) is 10.3 Å². The number of aryl methyl sites for hydroxylation is 1. The van der Waals surface area contributed by atoms with Crippen LogP contribution in [0.25, 0.3) is 0 Å². The van der Waals surface area contributed by atoms with E-state index < -0.39 is 0 Å². The number of hydrogen-bond donors (Lipinski definition) is 1. The lowest BCUT2D eigenvalue weighted by molar-refractivity contribution is 0.303. The molecule has 17 heavy (non-hydrogen) atoms. The molecule has 0 radical (unpaired) electrons. The van der Waals surface area contributed by atoms with Crippen molar-refractivity contribution in [2.75, 3.05) is 31.1 Å². The molecule has 1 N–H and O–H groups in total. The van der Waals surface area contributed by atoms with E-state index in [-0.39, 0.29) is 0 Å². The summed E-state index contributed by atoms with van der Waals surface area (Å²) in [7, 11) is 0. The Morgan fingerprint density at radius 1 is 1.59 bits per heavy atom. The highest BCUT2D eigenvalue weighted by atomic mass is 35.5. The first-order valence-electron chi connectivity index (χ1n) is 6.03. The molecule has 0 spiro atoms. The lowest BCUT2D eigenvalue weighted by Gasteiger charge is -2.35. The third-order valence-corrected chi connectivity index (χ3v) is 3.81. The molecular formula is C12H16ClN3O. The molecule has 1 fully saturated rings. The molecule has 2 aliphatic heterocycles. The summed E-state index contributed by atoms with van der Waals surface area (Å²) in [6.45, 7) is 5.65. The Bertz CT molecular complexity index is 438. The summed E-state index contributed by atoms with van der Waals surface area (Å²) >= 11 is 6.10. The average molecular weight is 254 g/mol. The van der Waals surface area contributed by atoms with Gasteiger partial charge in [0.15, 0.2) is 11.6 Å². The first-order chi connectivity index (χ1) is 8.25. The number of rotatable bonds is 0. The van der Waals surface area contributed by atoms with Gasteiger partial charge >= 0.3 is 0 Å². The molecule has 0 bridgehead atoms. The molecule has 0 amide bonds. The fourth-order valence-corrected chi connectivity index (χ4v) is 2.61. The highest BCUT2D eigenvalue weighted by molar-refractivity contribution is 6.31. The van der Waals surface area contributed by atoms with Crippen molar-refractivity contribution < 1.29 is 4.74 Å². The minimum atomic E-state index is 0.484. The maximum Gasteiger partial charge on any atom is 0.172 e. The van der Waals surface area contributed by atoms with E-state index in [0.29, 0.717) is 11.1 Å². The molecule has 1 atom stereocenters. The average Bonchev–Trinajstić information content (AvgIpc) is 2.50. The first-order valence-corrected chi connectivity index (χ1v) is 6.41. The molecule has 3 heterocycles. The molecule has 2 aliphatic rings. The van der Waals surface area contributed by atoms with Gasteiger partial charge in [-0.15, -0.1) is 0 Å². The van der Waals surface area contributed by atoms with Crippen LogP contribution in [-0.4, -0.2) is 37.3 Å². The number of aromatic nitrogens is 1. The number of halogens is 1. The van der Waals surface area contributed by atoms with Crippen LogP contribution >= 0.6 is 11.6 Å². The van der Waals surface area contributed by atoms with E-state index in [0.717, 1.165) is 49.9 Å². The minimum absolute atomic E-state index is 0.484. The normalized spacial score (nSPS) is 23.4. The van der Waals surface area contributed by atoms with Crippen LogP contribution < -0.4 is 15.0 Å². The Balaban J connectivity index is 2.05. The van der Waals surface area contributed by atoms with Crippen LogP contribution in [0.5, 0.6) is 5.75 Å². The van der Waals surface area contributed by atoms with Gasteiger partial charge in [0.1, 0.15) is 0 Å². The van der Waals surface area contributed by atoms with Gasteiger partial charge in [-0.1, -0.05) is 11.6 Å². The molecule has 0 saturated carbocycles. The van der Waals surface area contributed by atoms with E-state index in [4.69, 9.17) is 16.3 Å². The number of ether oxygens (including phenoxy) is 1. The fraction of sp³-hybridized carbons (Fsp3) is 0.583. The monoisotopic (exact) mass is 253 g/mol. The molecule has 0 unspecified atom stereocenters. The fourth-order valence-electron chi connectivity index (χ4n) is 2.47. The molecule has 1 aromatic heterocycles. The van der Waals surface area contributed by atoms with Gasteiger partial charge in [-0.05, 0) is 6.92 Å². The van der Waals surface area contributed by atoms with Crippen LogP contribution in [0.1, 0.15) is 12.1 Å². The van der Waals surface area contributed by atoms with Gasteiger partial charge in [0.25, 0.3) is 0 Å². The van der Waals surface area contributed by atoms with E-state index in [1.807, 2.05) is 13.0 Å². The van der Waals surface area contributed by atoms with Gasteiger partial charge < -0.3 is 15.0 Å². The zero-order valence-corrected chi connectivity index (χ0v) is 10.6. The van der Waals surface area contributed by atoms with Crippen molar-refractivity contribution in [3.8, 4) is 5.75 Å². The Morgan fingerprint density at radius 3 is 3.35 bits per heavy atom. The van der Waals surface area contributed by atoms with Crippen molar-refractivity contribution >= 4 is 17.4 Å². The number of pyridine rings is 1.